The molecule has 0 aliphatic heterocycles. The molecule has 0 fully saturated rings. The molecule has 2 rings (SSSR count). The van der Waals surface area contributed by atoms with E-state index in [9.17, 15) is 5.11 Å². The van der Waals surface area contributed by atoms with Crippen LogP contribution in [-0.2, 0) is 0 Å². The van der Waals surface area contributed by atoms with Crippen molar-refractivity contribution in [2.24, 2.45) is 0 Å². The number of anilines is 1. The van der Waals surface area contributed by atoms with Gasteiger partial charge in [0.2, 0.25) is 0 Å². The predicted molar refractivity (Wildman–Crippen MR) is 70.3 cm³/mol. The first-order valence-corrected chi connectivity index (χ1v) is 6.07. The van der Waals surface area contributed by atoms with Gasteiger partial charge in [-0.2, -0.15) is 0 Å². The Balaban J connectivity index is 1.91. The summed E-state index contributed by atoms with van der Waals surface area (Å²) >= 11 is 0. The van der Waals surface area contributed by atoms with Gasteiger partial charge in [-0.3, -0.25) is 0 Å². The average molecular weight is 246 g/mol. The number of hydrogen-bond acceptors (Lipinski definition) is 4. The van der Waals surface area contributed by atoms with E-state index in [1.165, 1.54) is 0 Å². The summed E-state index contributed by atoms with van der Waals surface area (Å²) in [6.45, 7) is 3.96. The lowest BCUT2D eigenvalue weighted by molar-refractivity contribution is 0.136. The van der Waals surface area contributed by atoms with E-state index in [2.05, 4.69) is 10.3 Å². The molecule has 4 nitrogen and oxygen atoms in total. The molecule has 18 heavy (non-hydrogen) atoms. The normalized spacial score (nSPS) is 14.2. The molecule has 0 radical (unpaired) electrons. The third kappa shape index (κ3) is 3.34. The second-order valence-electron chi connectivity index (χ2n) is 4.48. The van der Waals surface area contributed by atoms with E-state index in [0.29, 0.717) is 12.2 Å². The minimum atomic E-state index is -0.590. The summed E-state index contributed by atoms with van der Waals surface area (Å²) < 4.78 is 5.17. The Morgan fingerprint density at radius 2 is 2.17 bits per heavy atom. The van der Waals surface area contributed by atoms with Gasteiger partial charge in [-0.1, -0.05) is 6.07 Å². The molecule has 2 atom stereocenters. The summed E-state index contributed by atoms with van der Waals surface area (Å²) in [5.41, 5.74) is 0.971. The van der Waals surface area contributed by atoms with Gasteiger partial charge in [0.1, 0.15) is 17.7 Å². The largest absolute Gasteiger partial charge is 0.467 e. The number of rotatable bonds is 5. The molecular formula is C14H18N2O2. The predicted octanol–water partition coefficient (Wildman–Crippen LogP) is 2.91. The number of pyridine rings is 1. The first-order valence-electron chi connectivity index (χ1n) is 6.07. The average Bonchev–Trinajstić information content (AvgIpc) is 2.81. The summed E-state index contributed by atoms with van der Waals surface area (Å²) in [6.07, 6.45) is 1.55. The van der Waals surface area contributed by atoms with Crippen LogP contribution in [0.4, 0.5) is 5.82 Å². The SMILES string of the molecule is Cc1cccc(N[C@H](C)C[C@H](O)c2ccco2)n1. The molecule has 0 unspecified atom stereocenters. The van der Waals surface area contributed by atoms with Gasteiger partial charge >= 0.3 is 0 Å². The van der Waals surface area contributed by atoms with Crippen LogP contribution < -0.4 is 5.32 Å². The van der Waals surface area contributed by atoms with E-state index < -0.39 is 6.10 Å². The summed E-state index contributed by atoms with van der Waals surface area (Å²) in [6, 6.07) is 9.50. The van der Waals surface area contributed by atoms with E-state index in [0.717, 1.165) is 11.5 Å². The van der Waals surface area contributed by atoms with Crippen LogP contribution in [0.5, 0.6) is 0 Å². The molecule has 0 aliphatic rings. The minimum Gasteiger partial charge on any atom is -0.467 e. The molecule has 2 N–H and O–H groups in total. The molecule has 0 saturated heterocycles. The Labute approximate surface area is 107 Å². The molecule has 0 saturated carbocycles. The van der Waals surface area contributed by atoms with Gasteiger partial charge in [-0.15, -0.1) is 0 Å². The number of nitrogens with one attached hydrogen (secondary N) is 1. The monoisotopic (exact) mass is 246 g/mol. The highest BCUT2D eigenvalue weighted by atomic mass is 16.4. The van der Waals surface area contributed by atoms with E-state index in [4.69, 9.17) is 4.42 Å². The van der Waals surface area contributed by atoms with E-state index in [-0.39, 0.29) is 6.04 Å². The first kappa shape index (κ1) is 12.6. The fraction of sp³-hybridized carbons (Fsp3) is 0.357. The van der Waals surface area contributed by atoms with Crippen LogP contribution in [0.25, 0.3) is 0 Å². The molecule has 2 aromatic heterocycles. The fourth-order valence-corrected chi connectivity index (χ4v) is 1.87. The smallest absolute Gasteiger partial charge is 0.132 e. The molecule has 0 bridgehead atoms. The molecule has 4 heteroatoms. The molecular weight excluding hydrogens is 228 g/mol. The first-order chi connectivity index (χ1) is 8.65. The molecule has 0 aromatic carbocycles. The highest BCUT2D eigenvalue weighted by molar-refractivity contribution is 5.36. The number of aromatic nitrogens is 1. The van der Waals surface area contributed by atoms with E-state index >= 15 is 0 Å². The van der Waals surface area contributed by atoms with Crippen LogP contribution in [0.15, 0.2) is 41.0 Å². The van der Waals surface area contributed by atoms with Gasteiger partial charge in [0, 0.05) is 18.2 Å². The Morgan fingerprint density at radius 1 is 1.33 bits per heavy atom. The Bertz CT molecular complexity index is 482. The van der Waals surface area contributed by atoms with Crippen molar-refractivity contribution in [1.82, 2.24) is 4.98 Å². The molecule has 2 heterocycles. The third-order valence-electron chi connectivity index (χ3n) is 2.73. The maximum atomic E-state index is 9.96. The highest BCUT2D eigenvalue weighted by Crippen LogP contribution is 2.20. The lowest BCUT2D eigenvalue weighted by atomic mass is 10.1. The number of furan rings is 1. The molecule has 0 amide bonds. The quantitative estimate of drug-likeness (QED) is 0.851. The van der Waals surface area contributed by atoms with Crippen LogP contribution in [0.3, 0.4) is 0 Å². The zero-order valence-corrected chi connectivity index (χ0v) is 10.6. The van der Waals surface area contributed by atoms with Crippen molar-refractivity contribution in [3.05, 3.63) is 48.0 Å². The van der Waals surface area contributed by atoms with Gasteiger partial charge in [-0.05, 0) is 38.1 Å². The summed E-state index contributed by atoms with van der Waals surface area (Å²) in [5.74, 6) is 1.43. The molecule has 0 aliphatic carbocycles. The van der Waals surface area contributed by atoms with Crippen molar-refractivity contribution < 1.29 is 9.52 Å². The van der Waals surface area contributed by atoms with Crippen molar-refractivity contribution in [2.75, 3.05) is 5.32 Å². The van der Waals surface area contributed by atoms with E-state index in [1.54, 1.807) is 18.4 Å². The third-order valence-corrected chi connectivity index (χ3v) is 2.73. The van der Waals surface area contributed by atoms with Crippen LogP contribution in [0.2, 0.25) is 0 Å². The van der Waals surface area contributed by atoms with Gasteiger partial charge in [0.25, 0.3) is 0 Å². The zero-order valence-electron chi connectivity index (χ0n) is 10.6. The second-order valence-corrected chi connectivity index (χ2v) is 4.48. The Kier molecular flexibility index (Phi) is 3.99. The zero-order chi connectivity index (χ0) is 13.0. The minimum absolute atomic E-state index is 0.111. The number of nitrogens with zero attached hydrogens (tertiary/aromatic N) is 1. The lowest BCUT2D eigenvalue weighted by Crippen LogP contribution is -2.19. The topological polar surface area (TPSA) is 58.3 Å². The Morgan fingerprint density at radius 3 is 2.83 bits per heavy atom. The summed E-state index contributed by atoms with van der Waals surface area (Å²) in [5, 5.41) is 13.2. The van der Waals surface area contributed by atoms with Crippen molar-refractivity contribution >= 4 is 5.82 Å². The number of hydrogen-bond donors (Lipinski definition) is 2. The summed E-state index contributed by atoms with van der Waals surface area (Å²) in [7, 11) is 0. The number of aliphatic hydroxyl groups excluding tert-OH is 1. The van der Waals surface area contributed by atoms with Crippen molar-refractivity contribution in [1.29, 1.82) is 0 Å². The van der Waals surface area contributed by atoms with Crippen molar-refractivity contribution in [2.45, 2.75) is 32.4 Å². The van der Waals surface area contributed by atoms with Gasteiger partial charge in [0.15, 0.2) is 0 Å². The van der Waals surface area contributed by atoms with Crippen LogP contribution in [0.1, 0.15) is 30.9 Å². The fourth-order valence-electron chi connectivity index (χ4n) is 1.87. The number of aliphatic hydroxyl groups is 1. The molecule has 2 aromatic rings. The maximum Gasteiger partial charge on any atom is 0.132 e. The summed E-state index contributed by atoms with van der Waals surface area (Å²) in [4.78, 5) is 4.37. The highest BCUT2D eigenvalue weighted by Gasteiger charge is 2.14. The maximum absolute atomic E-state index is 9.96. The number of aryl methyl sites for hydroxylation is 1. The van der Waals surface area contributed by atoms with Gasteiger partial charge < -0.3 is 14.8 Å². The van der Waals surface area contributed by atoms with E-state index in [1.807, 2.05) is 32.0 Å². The molecule has 0 spiro atoms. The van der Waals surface area contributed by atoms with Crippen LogP contribution in [-0.4, -0.2) is 16.1 Å². The van der Waals surface area contributed by atoms with Crippen molar-refractivity contribution in [3.63, 3.8) is 0 Å². The van der Waals surface area contributed by atoms with Crippen LogP contribution in [0, 0.1) is 6.92 Å². The molecule has 96 valence electrons. The van der Waals surface area contributed by atoms with Gasteiger partial charge in [0.05, 0.1) is 6.26 Å². The Hall–Kier alpha value is -1.81. The second kappa shape index (κ2) is 5.69. The lowest BCUT2D eigenvalue weighted by Gasteiger charge is -2.17. The van der Waals surface area contributed by atoms with Crippen LogP contribution >= 0.6 is 0 Å². The standard InChI is InChI=1S/C14H18N2O2/c1-10-5-3-7-14(15-10)16-11(2)9-12(17)13-6-4-8-18-13/h3-8,11-12,17H,9H2,1-2H3,(H,15,16)/t11-,12+/m1/s1. The van der Waals surface area contributed by atoms with Gasteiger partial charge in [-0.25, -0.2) is 4.98 Å². The van der Waals surface area contributed by atoms with Crippen molar-refractivity contribution in [3.8, 4) is 0 Å².